The third-order valence-electron chi connectivity index (χ3n) is 8.19. The van der Waals surface area contributed by atoms with E-state index in [9.17, 15) is 18.0 Å². The second-order valence-electron chi connectivity index (χ2n) is 11.4. The van der Waals surface area contributed by atoms with Crippen molar-refractivity contribution in [3.63, 3.8) is 0 Å². The predicted octanol–water partition coefficient (Wildman–Crippen LogP) is 2.55. The van der Waals surface area contributed by atoms with Gasteiger partial charge in [0, 0.05) is 83.0 Å². The van der Waals surface area contributed by atoms with Crippen LogP contribution in [-0.2, 0) is 27.8 Å². The average Bonchev–Trinajstić information content (AvgIpc) is 3.27. The molecular weight excluding hydrogens is 578 g/mol. The van der Waals surface area contributed by atoms with Crippen molar-refractivity contribution in [1.82, 2.24) is 28.8 Å². The van der Waals surface area contributed by atoms with Gasteiger partial charge in [0.05, 0.1) is 11.6 Å². The predicted molar refractivity (Wildman–Crippen MR) is 164 cm³/mol. The van der Waals surface area contributed by atoms with Crippen LogP contribution in [0.15, 0.2) is 85.2 Å². The molecule has 0 unspecified atom stereocenters. The van der Waals surface area contributed by atoms with E-state index in [0.717, 1.165) is 11.1 Å². The maximum atomic E-state index is 14.6. The summed E-state index contributed by atoms with van der Waals surface area (Å²) in [6, 6.07) is 15.9. The number of aromatic nitrogens is 2. The van der Waals surface area contributed by atoms with E-state index >= 15 is 0 Å². The maximum absolute atomic E-state index is 14.6. The summed E-state index contributed by atoms with van der Waals surface area (Å²) in [6.07, 6.45) is 10.1. The number of allylic oxidation sites excluding steroid dienone is 1. The van der Waals surface area contributed by atoms with Gasteiger partial charge in [0.1, 0.15) is 11.4 Å². The Kier molecular flexibility index (Phi) is 9.20. The van der Waals surface area contributed by atoms with Crippen LogP contribution in [0, 0.1) is 17.2 Å². The molecule has 44 heavy (non-hydrogen) atoms. The van der Waals surface area contributed by atoms with Crippen LogP contribution in [-0.4, -0.2) is 82.9 Å². The summed E-state index contributed by atoms with van der Waals surface area (Å²) >= 11 is 0. The lowest BCUT2D eigenvalue weighted by Gasteiger charge is -2.34. The Morgan fingerprint density at radius 2 is 1.55 bits per heavy atom. The minimum atomic E-state index is -3.52. The summed E-state index contributed by atoms with van der Waals surface area (Å²) < 4.78 is 28.0. The number of carbonyl (C=O) groups excluding carboxylic acids is 2. The molecule has 2 aliphatic rings. The van der Waals surface area contributed by atoms with Crippen LogP contribution < -0.4 is 5.32 Å². The molecule has 12 heteroatoms. The van der Waals surface area contributed by atoms with Crippen LogP contribution in [0.25, 0.3) is 0 Å². The van der Waals surface area contributed by atoms with Gasteiger partial charge in [0.15, 0.2) is 5.78 Å². The molecule has 0 atom stereocenters. The topological polar surface area (TPSA) is 140 Å². The molecule has 11 nitrogen and oxygen atoms in total. The van der Waals surface area contributed by atoms with E-state index in [1.165, 1.54) is 28.8 Å². The summed E-state index contributed by atoms with van der Waals surface area (Å²) in [6.45, 7) is 1.04. The number of nitrogens with zero attached hydrogens (tertiary/aromatic N) is 6. The van der Waals surface area contributed by atoms with E-state index in [1.807, 2.05) is 24.3 Å². The molecule has 3 aromatic rings. The van der Waals surface area contributed by atoms with Gasteiger partial charge >= 0.3 is 0 Å². The first-order valence-electron chi connectivity index (χ1n) is 14.4. The van der Waals surface area contributed by atoms with E-state index in [-0.39, 0.29) is 17.6 Å². The Bertz CT molecular complexity index is 1620. The lowest BCUT2D eigenvalue weighted by molar-refractivity contribution is -0.132. The fourth-order valence-electron chi connectivity index (χ4n) is 5.76. The SMILES string of the molecule is CN(C)S(=O)(=O)N1CCC(CN2C(=O)C(Cc3ccncc3)(Cc3ccncc3)NC2=CC(=O)c2ccc(C#N)cc2)CC1. The summed E-state index contributed by atoms with van der Waals surface area (Å²) in [5.74, 6) is -0.0325. The normalized spacial score (nSPS) is 18.4. The van der Waals surface area contributed by atoms with Crippen molar-refractivity contribution in [3.8, 4) is 6.07 Å². The molecule has 2 aliphatic heterocycles. The fourth-order valence-corrected chi connectivity index (χ4v) is 6.89. The van der Waals surface area contributed by atoms with Gasteiger partial charge in [-0.25, -0.2) is 0 Å². The van der Waals surface area contributed by atoms with Crippen molar-refractivity contribution in [2.45, 2.75) is 31.2 Å². The average molecular weight is 614 g/mol. The van der Waals surface area contributed by atoms with Crippen molar-refractivity contribution in [1.29, 1.82) is 5.26 Å². The molecule has 4 heterocycles. The minimum absolute atomic E-state index is 0.0282. The van der Waals surface area contributed by atoms with Crippen molar-refractivity contribution >= 4 is 21.9 Å². The van der Waals surface area contributed by atoms with E-state index in [2.05, 4.69) is 21.4 Å². The third-order valence-corrected chi connectivity index (χ3v) is 10.1. The Hall–Kier alpha value is -4.44. The zero-order valence-electron chi connectivity index (χ0n) is 24.8. The molecule has 5 rings (SSSR count). The number of amides is 1. The van der Waals surface area contributed by atoms with Gasteiger partial charge in [-0.2, -0.15) is 22.3 Å². The summed E-state index contributed by atoms with van der Waals surface area (Å²) in [5.41, 5.74) is 1.58. The van der Waals surface area contributed by atoms with Crippen LogP contribution in [0.3, 0.4) is 0 Å². The van der Waals surface area contributed by atoms with E-state index in [4.69, 9.17) is 5.26 Å². The summed E-state index contributed by atoms with van der Waals surface area (Å²) in [5, 5.41) is 12.6. The van der Waals surface area contributed by atoms with Crippen molar-refractivity contribution < 1.29 is 18.0 Å². The van der Waals surface area contributed by atoms with Gasteiger partial charge in [0.2, 0.25) is 0 Å². The number of nitriles is 1. The molecule has 2 saturated heterocycles. The number of hydrogen-bond donors (Lipinski definition) is 1. The molecule has 0 bridgehead atoms. The first-order chi connectivity index (χ1) is 21.1. The number of nitrogens with one attached hydrogen (secondary N) is 1. The molecule has 0 radical (unpaired) electrons. The van der Waals surface area contributed by atoms with Gasteiger partial charge in [-0.1, -0.05) is 0 Å². The third kappa shape index (κ3) is 6.70. The number of benzene rings is 1. The van der Waals surface area contributed by atoms with Crippen LogP contribution in [0.5, 0.6) is 0 Å². The van der Waals surface area contributed by atoms with Crippen LogP contribution in [0.2, 0.25) is 0 Å². The Morgan fingerprint density at radius 3 is 2.05 bits per heavy atom. The second-order valence-corrected chi connectivity index (χ2v) is 13.5. The molecule has 1 aromatic carbocycles. The highest BCUT2D eigenvalue weighted by Gasteiger charge is 2.50. The molecule has 2 aromatic heterocycles. The zero-order valence-corrected chi connectivity index (χ0v) is 25.6. The van der Waals surface area contributed by atoms with Gasteiger partial charge in [-0.15, -0.1) is 0 Å². The molecular formula is C32H35N7O4S. The van der Waals surface area contributed by atoms with Gasteiger partial charge in [-0.05, 0) is 78.4 Å². The van der Waals surface area contributed by atoms with E-state index in [0.29, 0.717) is 62.3 Å². The highest BCUT2D eigenvalue weighted by Crippen LogP contribution is 2.33. The minimum Gasteiger partial charge on any atom is -0.357 e. The number of pyridine rings is 2. The monoisotopic (exact) mass is 613 g/mol. The molecule has 228 valence electrons. The van der Waals surface area contributed by atoms with Crippen molar-refractivity contribution in [2.75, 3.05) is 33.7 Å². The van der Waals surface area contributed by atoms with Crippen LogP contribution in [0.4, 0.5) is 0 Å². The van der Waals surface area contributed by atoms with E-state index in [1.54, 1.807) is 54.0 Å². The van der Waals surface area contributed by atoms with Crippen LogP contribution in [0.1, 0.15) is 39.9 Å². The van der Waals surface area contributed by atoms with Crippen molar-refractivity contribution in [2.24, 2.45) is 5.92 Å². The summed E-state index contributed by atoms with van der Waals surface area (Å²) in [4.78, 5) is 37.9. The lowest BCUT2D eigenvalue weighted by Crippen LogP contribution is -2.51. The highest BCUT2D eigenvalue weighted by atomic mass is 32.2. The standard InChI is InChI=1S/C32H35N7O4S/c1-37(2)44(42,43)38-17-11-27(12-18-38)23-39-30(19-29(40)28-5-3-26(22-33)4-6-28)36-32(31(39)41,20-24-7-13-34-14-8-24)21-25-9-15-35-16-10-25/h3-10,13-16,19,27,36H,11-12,17-18,20-21,23H2,1-2H3. The first-order valence-corrected chi connectivity index (χ1v) is 15.8. The quantitative estimate of drug-likeness (QED) is 0.272. The zero-order chi connectivity index (χ0) is 31.3. The Labute approximate surface area is 258 Å². The lowest BCUT2D eigenvalue weighted by atomic mass is 9.84. The molecule has 0 saturated carbocycles. The number of carbonyl (C=O) groups is 2. The fraction of sp³-hybridized carbons (Fsp3) is 0.344. The van der Waals surface area contributed by atoms with Crippen LogP contribution >= 0.6 is 0 Å². The van der Waals surface area contributed by atoms with Gasteiger partial charge < -0.3 is 5.32 Å². The Balaban J connectivity index is 1.48. The molecule has 1 N–H and O–H groups in total. The second kappa shape index (κ2) is 13.1. The number of ketones is 1. The van der Waals surface area contributed by atoms with Gasteiger partial charge in [-0.3, -0.25) is 24.5 Å². The van der Waals surface area contributed by atoms with Gasteiger partial charge in [0.25, 0.3) is 16.1 Å². The number of rotatable bonds is 10. The van der Waals surface area contributed by atoms with Crippen molar-refractivity contribution in [3.05, 3.63) is 107 Å². The Morgan fingerprint density at radius 1 is 1.00 bits per heavy atom. The number of hydrogen-bond acceptors (Lipinski definition) is 8. The molecule has 0 spiro atoms. The summed E-state index contributed by atoms with van der Waals surface area (Å²) in [7, 11) is -0.490. The van der Waals surface area contributed by atoms with E-state index < -0.39 is 15.7 Å². The molecule has 2 fully saturated rings. The maximum Gasteiger partial charge on any atom is 0.281 e. The highest BCUT2D eigenvalue weighted by molar-refractivity contribution is 7.86. The number of piperidine rings is 1. The molecule has 1 amide bonds. The molecule has 0 aliphatic carbocycles. The largest absolute Gasteiger partial charge is 0.357 e. The first kappa shape index (κ1) is 31.0. The smallest absolute Gasteiger partial charge is 0.281 e.